The SMILES string of the molecule is COC(=O)C[C@@H]1c2cc(OC)c3cccc(OC)c3c2CC[C@@]1(C)C(=O)OC. The second kappa shape index (κ2) is 7.70. The van der Waals surface area contributed by atoms with Gasteiger partial charge in [-0.15, -0.1) is 0 Å². The molecule has 0 aliphatic heterocycles. The first kappa shape index (κ1) is 20.0. The average molecular weight is 386 g/mol. The van der Waals surface area contributed by atoms with E-state index in [1.807, 2.05) is 31.2 Å². The van der Waals surface area contributed by atoms with Crippen LogP contribution in [0.15, 0.2) is 24.3 Å². The molecule has 0 bridgehead atoms. The highest BCUT2D eigenvalue weighted by atomic mass is 16.5. The van der Waals surface area contributed by atoms with Gasteiger partial charge < -0.3 is 18.9 Å². The van der Waals surface area contributed by atoms with Crippen LogP contribution in [0.1, 0.15) is 36.8 Å². The third-order valence-corrected chi connectivity index (χ3v) is 5.96. The van der Waals surface area contributed by atoms with E-state index >= 15 is 0 Å². The maximum absolute atomic E-state index is 12.7. The molecule has 0 spiro atoms. The number of fused-ring (bicyclic) bond motifs is 3. The van der Waals surface area contributed by atoms with Gasteiger partial charge in [0.15, 0.2) is 0 Å². The van der Waals surface area contributed by atoms with Crippen molar-refractivity contribution in [3.8, 4) is 11.5 Å². The molecule has 0 fully saturated rings. The molecule has 1 aliphatic carbocycles. The molecule has 0 unspecified atom stereocenters. The molecule has 0 aromatic heterocycles. The highest BCUT2D eigenvalue weighted by Crippen LogP contribution is 2.52. The number of hydrogen-bond acceptors (Lipinski definition) is 6. The maximum atomic E-state index is 12.7. The number of hydrogen-bond donors (Lipinski definition) is 0. The molecule has 6 heteroatoms. The van der Waals surface area contributed by atoms with Gasteiger partial charge in [0.25, 0.3) is 0 Å². The van der Waals surface area contributed by atoms with Gasteiger partial charge in [-0.3, -0.25) is 9.59 Å². The van der Waals surface area contributed by atoms with Gasteiger partial charge in [-0.25, -0.2) is 0 Å². The summed E-state index contributed by atoms with van der Waals surface area (Å²) in [4.78, 5) is 24.9. The highest BCUT2D eigenvalue weighted by molar-refractivity contribution is 5.97. The van der Waals surface area contributed by atoms with Crippen LogP contribution >= 0.6 is 0 Å². The number of carbonyl (C=O) groups is 2. The lowest BCUT2D eigenvalue weighted by atomic mass is 9.63. The lowest BCUT2D eigenvalue weighted by Gasteiger charge is -2.40. The van der Waals surface area contributed by atoms with Gasteiger partial charge in [-0.05, 0) is 43.0 Å². The summed E-state index contributed by atoms with van der Waals surface area (Å²) < 4.78 is 21.3. The monoisotopic (exact) mass is 386 g/mol. The average Bonchev–Trinajstić information content (AvgIpc) is 2.73. The summed E-state index contributed by atoms with van der Waals surface area (Å²) >= 11 is 0. The molecular formula is C22H26O6. The summed E-state index contributed by atoms with van der Waals surface area (Å²) in [7, 11) is 5.97. The lowest BCUT2D eigenvalue weighted by Crippen LogP contribution is -2.40. The van der Waals surface area contributed by atoms with Gasteiger partial charge in [0, 0.05) is 16.7 Å². The second-order valence-corrected chi connectivity index (χ2v) is 7.27. The van der Waals surface area contributed by atoms with Crippen molar-refractivity contribution < 1.29 is 28.5 Å². The Balaban J connectivity index is 2.32. The summed E-state index contributed by atoms with van der Waals surface area (Å²) in [6.07, 6.45) is 1.31. The van der Waals surface area contributed by atoms with Gasteiger partial charge >= 0.3 is 11.9 Å². The van der Waals surface area contributed by atoms with Gasteiger partial charge in [-0.2, -0.15) is 0 Å². The van der Waals surface area contributed by atoms with E-state index in [2.05, 4.69) is 0 Å². The van der Waals surface area contributed by atoms with Crippen molar-refractivity contribution in [3.63, 3.8) is 0 Å². The van der Waals surface area contributed by atoms with Crippen LogP contribution in [0.25, 0.3) is 10.8 Å². The minimum Gasteiger partial charge on any atom is -0.496 e. The molecule has 0 N–H and O–H groups in total. The number of methoxy groups -OCH3 is 4. The van der Waals surface area contributed by atoms with Crippen LogP contribution in [-0.2, 0) is 25.5 Å². The zero-order chi connectivity index (χ0) is 20.5. The summed E-state index contributed by atoms with van der Waals surface area (Å²) in [5.41, 5.74) is 1.14. The molecule has 0 heterocycles. The Morgan fingerprint density at radius 2 is 1.79 bits per heavy atom. The van der Waals surface area contributed by atoms with Crippen molar-refractivity contribution in [2.75, 3.05) is 28.4 Å². The fourth-order valence-corrected chi connectivity index (χ4v) is 4.38. The molecule has 0 saturated heterocycles. The molecule has 0 radical (unpaired) electrons. The Bertz CT molecular complexity index is 919. The molecule has 2 aromatic carbocycles. The lowest BCUT2D eigenvalue weighted by molar-refractivity contribution is -0.155. The minimum absolute atomic E-state index is 0.0823. The Labute approximate surface area is 164 Å². The summed E-state index contributed by atoms with van der Waals surface area (Å²) in [6, 6.07) is 7.75. The summed E-state index contributed by atoms with van der Waals surface area (Å²) in [5, 5.41) is 1.90. The normalized spacial score (nSPS) is 21.0. The van der Waals surface area contributed by atoms with E-state index in [1.54, 1.807) is 14.2 Å². The zero-order valence-electron chi connectivity index (χ0n) is 17.0. The van der Waals surface area contributed by atoms with Gasteiger partial charge in [0.2, 0.25) is 0 Å². The molecule has 150 valence electrons. The van der Waals surface area contributed by atoms with Crippen molar-refractivity contribution in [3.05, 3.63) is 35.4 Å². The van der Waals surface area contributed by atoms with Crippen LogP contribution < -0.4 is 9.47 Å². The minimum atomic E-state index is -0.837. The van der Waals surface area contributed by atoms with Crippen molar-refractivity contribution >= 4 is 22.7 Å². The summed E-state index contributed by atoms with van der Waals surface area (Å²) in [5.74, 6) is 0.334. The van der Waals surface area contributed by atoms with Crippen molar-refractivity contribution in [2.24, 2.45) is 5.41 Å². The Hall–Kier alpha value is -2.76. The number of benzene rings is 2. The Morgan fingerprint density at radius 1 is 1.07 bits per heavy atom. The van der Waals surface area contributed by atoms with E-state index < -0.39 is 5.41 Å². The van der Waals surface area contributed by atoms with Crippen LogP contribution in [0.4, 0.5) is 0 Å². The molecular weight excluding hydrogens is 360 g/mol. The molecule has 6 nitrogen and oxygen atoms in total. The van der Waals surface area contributed by atoms with E-state index in [-0.39, 0.29) is 24.3 Å². The third-order valence-electron chi connectivity index (χ3n) is 5.96. The second-order valence-electron chi connectivity index (χ2n) is 7.27. The van der Waals surface area contributed by atoms with Gasteiger partial charge in [-0.1, -0.05) is 12.1 Å². The van der Waals surface area contributed by atoms with Crippen molar-refractivity contribution in [1.29, 1.82) is 0 Å². The number of ether oxygens (including phenoxy) is 4. The predicted molar refractivity (Wildman–Crippen MR) is 105 cm³/mol. The fourth-order valence-electron chi connectivity index (χ4n) is 4.38. The van der Waals surface area contributed by atoms with E-state index in [1.165, 1.54) is 14.2 Å². The van der Waals surface area contributed by atoms with E-state index in [9.17, 15) is 9.59 Å². The quantitative estimate of drug-likeness (QED) is 0.731. The number of esters is 2. The number of rotatable bonds is 5. The van der Waals surface area contributed by atoms with Crippen LogP contribution in [0.2, 0.25) is 0 Å². The summed E-state index contributed by atoms with van der Waals surface area (Å²) in [6.45, 7) is 1.86. The van der Waals surface area contributed by atoms with E-state index in [0.29, 0.717) is 18.6 Å². The highest BCUT2D eigenvalue weighted by Gasteiger charge is 2.48. The molecule has 2 atom stereocenters. The smallest absolute Gasteiger partial charge is 0.312 e. The van der Waals surface area contributed by atoms with Crippen molar-refractivity contribution in [2.45, 2.75) is 32.1 Å². The molecule has 0 saturated carbocycles. The Kier molecular flexibility index (Phi) is 5.49. The predicted octanol–water partition coefficient (Wildman–Crippen LogP) is 3.63. The van der Waals surface area contributed by atoms with Crippen LogP contribution in [0, 0.1) is 5.41 Å². The topological polar surface area (TPSA) is 71.1 Å². The fraction of sp³-hybridized carbons (Fsp3) is 0.455. The third kappa shape index (κ3) is 3.07. The molecule has 3 rings (SSSR count). The van der Waals surface area contributed by atoms with E-state index in [0.717, 1.165) is 27.6 Å². The van der Waals surface area contributed by atoms with E-state index in [4.69, 9.17) is 18.9 Å². The maximum Gasteiger partial charge on any atom is 0.312 e. The largest absolute Gasteiger partial charge is 0.496 e. The first-order valence-electron chi connectivity index (χ1n) is 9.23. The molecule has 0 amide bonds. The number of aryl methyl sites for hydroxylation is 1. The van der Waals surface area contributed by atoms with Crippen molar-refractivity contribution in [1.82, 2.24) is 0 Å². The first-order chi connectivity index (χ1) is 13.4. The van der Waals surface area contributed by atoms with Gasteiger partial charge in [0.1, 0.15) is 11.5 Å². The first-order valence-corrected chi connectivity index (χ1v) is 9.23. The van der Waals surface area contributed by atoms with Gasteiger partial charge in [0.05, 0.1) is 40.3 Å². The molecule has 2 aromatic rings. The van der Waals surface area contributed by atoms with Crippen LogP contribution in [-0.4, -0.2) is 40.4 Å². The van der Waals surface area contributed by atoms with Crippen LogP contribution in [0.3, 0.4) is 0 Å². The molecule has 28 heavy (non-hydrogen) atoms. The standard InChI is InChI=1S/C22H26O6/c1-22(21(24)28-5)10-9-13-15(16(22)12-19(23)27-4)11-18(26-3)14-7-6-8-17(25-2)20(13)14/h6-8,11,16H,9-10,12H2,1-5H3/t16-,22-/m1/s1. The zero-order valence-corrected chi connectivity index (χ0v) is 17.0. The molecule has 1 aliphatic rings. The van der Waals surface area contributed by atoms with Crippen LogP contribution in [0.5, 0.6) is 11.5 Å². The number of carbonyl (C=O) groups excluding carboxylic acids is 2. The Morgan fingerprint density at radius 3 is 2.39 bits per heavy atom.